The summed E-state index contributed by atoms with van der Waals surface area (Å²) in [5.41, 5.74) is 2.40. The monoisotopic (exact) mass is 358 g/mol. The molecule has 0 fully saturated rings. The molecule has 0 aromatic heterocycles. The number of para-hydroxylation sites is 1. The summed E-state index contributed by atoms with van der Waals surface area (Å²) in [6.07, 6.45) is 2.23. The van der Waals surface area contributed by atoms with Crippen molar-refractivity contribution in [3.8, 4) is 0 Å². The quantitative estimate of drug-likeness (QED) is 0.712. The molecule has 1 amide bonds. The fourth-order valence-electron chi connectivity index (χ4n) is 2.30. The van der Waals surface area contributed by atoms with Crippen LogP contribution in [0.1, 0.15) is 18.9 Å². The van der Waals surface area contributed by atoms with Gasteiger partial charge in [-0.1, -0.05) is 55.5 Å². The number of carbonyl (C=O) groups is 1. The number of allylic oxidation sites excluding steroid dienone is 1. The molecule has 0 aliphatic rings. The van der Waals surface area contributed by atoms with E-state index in [4.69, 9.17) is 0 Å². The van der Waals surface area contributed by atoms with Crippen molar-refractivity contribution in [3.05, 3.63) is 72.3 Å². The van der Waals surface area contributed by atoms with Crippen LogP contribution in [0.5, 0.6) is 0 Å². The smallest absolute Gasteiger partial charge is 0.244 e. The number of rotatable bonds is 8. The van der Waals surface area contributed by atoms with Gasteiger partial charge in [-0.3, -0.25) is 9.52 Å². The van der Waals surface area contributed by atoms with Crippen LogP contribution < -0.4 is 10.0 Å². The van der Waals surface area contributed by atoms with Crippen molar-refractivity contribution in [2.75, 3.05) is 17.0 Å². The van der Waals surface area contributed by atoms with Gasteiger partial charge in [-0.25, -0.2) is 8.42 Å². The Morgan fingerprint density at radius 2 is 1.60 bits per heavy atom. The maximum Gasteiger partial charge on any atom is 0.244 e. The topological polar surface area (TPSA) is 75.3 Å². The molecule has 0 saturated carbocycles. The van der Waals surface area contributed by atoms with Gasteiger partial charge in [0, 0.05) is 18.3 Å². The highest BCUT2D eigenvalue weighted by molar-refractivity contribution is 7.92. The van der Waals surface area contributed by atoms with Gasteiger partial charge in [-0.15, -0.1) is 0 Å². The minimum atomic E-state index is -3.50. The molecular formula is C19H22N2O3S. The van der Waals surface area contributed by atoms with E-state index in [-0.39, 0.29) is 18.2 Å². The Kier molecular flexibility index (Phi) is 6.77. The molecule has 0 unspecified atom stereocenters. The van der Waals surface area contributed by atoms with Gasteiger partial charge in [0.25, 0.3) is 0 Å². The normalized spacial score (nSPS) is 11.8. The molecule has 0 heterocycles. The maximum atomic E-state index is 12.0. The van der Waals surface area contributed by atoms with Crippen LogP contribution in [0.25, 0.3) is 5.57 Å². The molecule has 2 aromatic rings. The highest BCUT2D eigenvalue weighted by Gasteiger charge is 2.11. The minimum Gasteiger partial charge on any atom is -0.351 e. The Balaban J connectivity index is 1.88. The van der Waals surface area contributed by atoms with Crippen LogP contribution in [0.4, 0.5) is 5.69 Å². The van der Waals surface area contributed by atoms with Gasteiger partial charge >= 0.3 is 0 Å². The van der Waals surface area contributed by atoms with Crippen LogP contribution in [0.2, 0.25) is 0 Å². The average molecular weight is 358 g/mol. The highest BCUT2D eigenvalue weighted by atomic mass is 32.2. The number of sulfonamides is 1. The van der Waals surface area contributed by atoms with Gasteiger partial charge in [0.15, 0.2) is 0 Å². The van der Waals surface area contributed by atoms with Gasteiger partial charge in [0.05, 0.1) is 5.75 Å². The molecule has 5 nitrogen and oxygen atoms in total. The van der Waals surface area contributed by atoms with E-state index in [2.05, 4.69) is 10.0 Å². The fourth-order valence-corrected chi connectivity index (χ4v) is 3.26. The van der Waals surface area contributed by atoms with Crippen LogP contribution in [0, 0.1) is 0 Å². The lowest BCUT2D eigenvalue weighted by Gasteiger charge is -2.09. The molecule has 6 heteroatoms. The Bertz CT molecular complexity index is 816. The number of benzene rings is 2. The summed E-state index contributed by atoms with van der Waals surface area (Å²) >= 11 is 0. The number of carbonyl (C=O) groups excluding carboxylic acids is 1. The molecule has 0 aliphatic carbocycles. The maximum absolute atomic E-state index is 12.0. The zero-order valence-electron chi connectivity index (χ0n) is 14.1. The van der Waals surface area contributed by atoms with E-state index < -0.39 is 10.0 Å². The summed E-state index contributed by atoms with van der Waals surface area (Å²) in [4.78, 5) is 12.0. The molecule has 2 N–H and O–H groups in total. The lowest BCUT2D eigenvalue weighted by atomic mass is 10.0. The third-order valence-corrected chi connectivity index (χ3v) is 4.84. The predicted molar refractivity (Wildman–Crippen MR) is 102 cm³/mol. The predicted octanol–water partition coefficient (Wildman–Crippen LogP) is 3.04. The Morgan fingerprint density at radius 3 is 2.20 bits per heavy atom. The molecule has 2 rings (SSSR count). The SMILES string of the molecule is CC/C(=C\C(=O)NCCS(=O)(=O)Nc1ccccc1)c1ccccc1. The van der Waals surface area contributed by atoms with E-state index in [0.29, 0.717) is 12.1 Å². The lowest BCUT2D eigenvalue weighted by molar-refractivity contribution is -0.116. The summed E-state index contributed by atoms with van der Waals surface area (Å²) in [6, 6.07) is 18.3. The number of anilines is 1. The molecule has 0 radical (unpaired) electrons. The molecule has 0 saturated heterocycles. The summed E-state index contributed by atoms with van der Waals surface area (Å²) in [7, 11) is -3.50. The average Bonchev–Trinajstić information content (AvgIpc) is 2.60. The van der Waals surface area contributed by atoms with Crippen LogP contribution in [-0.2, 0) is 14.8 Å². The fraction of sp³-hybridized carbons (Fsp3) is 0.211. The number of hydrogen-bond donors (Lipinski definition) is 2. The molecule has 0 spiro atoms. The molecule has 0 atom stereocenters. The van der Waals surface area contributed by atoms with E-state index >= 15 is 0 Å². The molecule has 25 heavy (non-hydrogen) atoms. The highest BCUT2D eigenvalue weighted by Crippen LogP contribution is 2.16. The first-order valence-electron chi connectivity index (χ1n) is 8.09. The summed E-state index contributed by atoms with van der Waals surface area (Å²) < 4.78 is 26.5. The zero-order valence-corrected chi connectivity index (χ0v) is 14.9. The van der Waals surface area contributed by atoms with Gasteiger partial charge in [-0.2, -0.15) is 0 Å². The van der Waals surface area contributed by atoms with Crippen molar-refractivity contribution in [1.82, 2.24) is 5.32 Å². The van der Waals surface area contributed by atoms with Crippen molar-refractivity contribution in [2.45, 2.75) is 13.3 Å². The first kappa shape index (κ1) is 18.7. The number of nitrogens with one attached hydrogen (secondary N) is 2. The van der Waals surface area contributed by atoms with E-state index in [1.165, 1.54) is 6.08 Å². The van der Waals surface area contributed by atoms with Crippen molar-refractivity contribution >= 4 is 27.2 Å². The van der Waals surface area contributed by atoms with E-state index in [0.717, 1.165) is 11.1 Å². The van der Waals surface area contributed by atoms with Crippen LogP contribution in [0.15, 0.2) is 66.7 Å². The molecule has 2 aromatic carbocycles. The molecule has 132 valence electrons. The molecular weight excluding hydrogens is 336 g/mol. The van der Waals surface area contributed by atoms with Crippen LogP contribution >= 0.6 is 0 Å². The third kappa shape index (κ3) is 6.43. The largest absolute Gasteiger partial charge is 0.351 e. The standard InChI is InChI=1S/C19H22N2O3S/c1-2-16(17-9-5-3-6-10-17)15-19(22)20-13-14-25(23,24)21-18-11-7-4-8-12-18/h3-12,15,21H,2,13-14H2,1H3,(H,20,22)/b16-15+. The summed E-state index contributed by atoms with van der Waals surface area (Å²) in [5.74, 6) is -0.482. The minimum absolute atomic E-state index is 0.0449. The Hall–Kier alpha value is -2.60. The van der Waals surface area contributed by atoms with Crippen molar-refractivity contribution in [3.63, 3.8) is 0 Å². The summed E-state index contributed by atoms with van der Waals surface area (Å²) in [5, 5.41) is 2.62. The Morgan fingerprint density at radius 1 is 1.00 bits per heavy atom. The Labute approximate surface area is 148 Å². The van der Waals surface area contributed by atoms with Crippen molar-refractivity contribution in [2.24, 2.45) is 0 Å². The van der Waals surface area contributed by atoms with E-state index in [1.807, 2.05) is 43.3 Å². The first-order valence-corrected chi connectivity index (χ1v) is 9.75. The van der Waals surface area contributed by atoms with E-state index in [9.17, 15) is 13.2 Å². The second-order valence-electron chi connectivity index (χ2n) is 5.47. The number of hydrogen-bond acceptors (Lipinski definition) is 3. The zero-order chi connectivity index (χ0) is 18.1. The first-order chi connectivity index (χ1) is 12.0. The van der Waals surface area contributed by atoms with Crippen LogP contribution in [0.3, 0.4) is 0 Å². The van der Waals surface area contributed by atoms with Gasteiger partial charge in [-0.05, 0) is 29.7 Å². The third-order valence-electron chi connectivity index (χ3n) is 3.55. The van der Waals surface area contributed by atoms with Gasteiger partial charge in [0.2, 0.25) is 15.9 Å². The molecule has 0 aliphatic heterocycles. The van der Waals surface area contributed by atoms with Gasteiger partial charge in [0.1, 0.15) is 0 Å². The van der Waals surface area contributed by atoms with Crippen molar-refractivity contribution < 1.29 is 13.2 Å². The van der Waals surface area contributed by atoms with Gasteiger partial charge < -0.3 is 5.32 Å². The summed E-state index contributed by atoms with van der Waals surface area (Å²) in [6.45, 7) is 2.02. The van der Waals surface area contributed by atoms with E-state index in [1.54, 1.807) is 24.3 Å². The second kappa shape index (κ2) is 9.03. The lowest BCUT2D eigenvalue weighted by Crippen LogP contribution is -2.30. The molecule has 0 bridgehead atoms. The van der Waals surface area contributed by atoms with Crippen LogP contribution in [-0.4, -0.2) is 26.6 Å². The van der Waals surface area contributed by atoms with Crippen molar-refractivity contribution in [1.29, 1.82) is 0 Å². The number of amides is 1. The second-order valence-corrected chi connectivity index (χ2v) is 7.31.